The first-order valence-electron chi connectivity index (χ1n) is 7.59. The van der Waals surface area contributed by atoms with E-state index in [1.54, 1.807) is 25.1 Å². The third-order valence-corrected chi connectivity index (χ3v) is 3.29. The maximum atomic E-state index is 11.0. The second kappa shape index (κ2) is 9.47. The Balaban J connectivity index is 0.00000312. The van der Waals surface area contributed by atoms with Crippen molar-refractivity contribution < 1.29 is 18.7 Å². The number of rotatable bonds is 7. The largest absolute Gasteiger partial charge is 0.466 e. The van der Waals surface area contributed by atoms with E-state index < -0.39 is 11.5 Å². The summed E-state index contributed by atoms with van der Waals surface area (Å²) >= 11 is 0. The van der Waals surface area contributed by atoms with Crippen LogP contribution in [0.5, 0.6) is 0 Å². The van der Waals surface area contributed by atoms with E-state index in [0.29, 0.717) is 24.0 Å². The highest BCUT2D eigenvalue weighted by molar-refractivity contribution is 14.0. The molecule has 1 amide bonds. The molecule has 2 rings (SSSR count). The molecule has 0 aromatic carbocycles. The molecule has 9 heteroatoms. The van der Waals surface area contributed by atoms with E-state index in [-0.39, 0.29) is 42.8 Å². The van der Waals surface area contributed by atoms with E-state index >= 15 is 0 Å². The van der Waals surface area contributed by atoms with E-state index in [9.17, 15) is 9.90 Å². The summed E-state index contributed by atoms with van der Waals surface area (Å²) < 4.78 is 10.5. The molecule has 0 aliphatic rings. The lowest BCUT2D eigenvalue weighted by atomic mass is 10.0. The van der Waals surface area contributed by atoms with Gasteiger partial charge in [0.25, 0.3) is 5.91 Å². The van der Waals surface area contributed by atoms with Gasteiger partial charge in [0, 0.05) is 6.54 Å². The molecule has 0 fully saturated rings. The first-order valence-corrected chi connectivity index (χ1v) is 7.59. The van der Waals surface area contributed by atoms with E-state index in [1.807, 2.05) is 6.92 Å². The van der Waals surface area contributed by atoms with Gasteiger partial charge in [-0.3, -0.25) is 4.79 Å². The topological polar surface area (TPSA) is 126 Å². The minimum Gasteiger partial charge on any atom is -0.466 e. The third-order valence-electron chi connectivity index (χ3n) is 3.29. The number of furan rings is 2. The average Bonchev–Trinajstić information content (AvgIpc) is 3.21. The van der Waals surface area contributed by atoms with E-state index in [1.165, 1.54) is 12.3 Å². The summed E-state index contributed by atoms with van der Waals surface area (Å²) in [5.74, 6) is 0.951. The molecule has 0 radical (unpaired) electrons. The molecular formula is C16H23IN4O4. The molecular weight excluding hydrogens is 439 g/mol. The minimum absolute atomic E-state index is 0. The Labute approximate surface area is 162 Å². The summed E-state index contributed by atoms with van der Waals surface area (Å²) in [6.07, 6.45) is 1.51. The number of nitrogens with two attached hydrogens (primary N) is 1. The van der Waals surface area contributed by atoms with Crippen LogP contribution in [0.1, 0.15) is 35.9 Å². The number of hydrogen-bond acceptors (Lipinski definition) is 5. The molecule has 0 saturated heterocycles. The summed E-state index contributed by atoms with van der Waals surface area (Å²) in [5.41, 5.74) is 3.97. The highest BCUT2D eigenvalue weighted by atomic mass is 127. The summed E-state index contributed by atoms with van der Waals surface area (Å²) in [4.78, 5) is 15.4. The Morgan fingerprint density at radius 3 is 2.68 bits per heavy atom. The number of aliphatic imine (C=N–C) groups is 1. The van der Waals surface area contributed by atoms with Crippen molar-refractivity contribution in [3.63, 3.8) is 0 Å². The predicted molar refractivity (Wildman–Crippen MR) is 104 cm³/mol. The van der Waals surface area contributed by atoms with Gasteiger partial charge in [0.1, 0.15) is 23.7 Å². The minimum atomic E-state index is -1.18. The molecule has 2 aromatic heterocycles. The van der Waals surface area contributed by atoms with Gasteiger partial charge in [-0.15, -0.1) is 24.0 Å². The Morgan fingerprint density at radius 1 is 1.36 bits per heavy atom. The zero-order valence-corrected chi connectivity index (χ0v) is 16.4. The van der Waals surface area contributed by atoms with Crippen LogP contribution in [0.25, 0.3) is 0 Å². The molecule has 0 aliphatic carbocycles. The Kier molecular flexibility index (Phi) is 7.97. The molecule has 2 aromatic rings. The maximum Gasteiger partial charge on any atom is 0.284 e. The van der Waals surface area contributed by atoms with Crippen LogP contribution in [-0.4, -0.2) is 30.1 Å². The van der Waals surface area contributed by atoms with Crippen LogP contribution in [0.3, 0.4) is 0 Å². The molecule has 0 aliphatic heterocycles. The molecule has 8 nitrogen and oxygen atoms in total. The van der Waals surface area contributed by atoms with Crippen LogP contribution in [0.2, 0.25) is 0 Å². The fraction of sp³-hybridized carbons (Fsp3) is 0.375. The lowest BCUT2D eigenvalue weighted by Gasteiger charge is -2.22. The molecule has 2 heterocycles. The summed E-state index contributed by atoms with van der Waals surface area (Å²) in [6.45, 7) is 4.66. The van der Waals surface area contributed by atoms with Crippen molar-refractivity contribution in [1.29, 1.82) is 0 Å². The number of carbonyl (C=O) groups is 1. The molecule has 1 unspecified atom stereocenters. The summed E-state index contributed by atoms with van der Waals surface area (Å²) in [5, 5.41) is 16.5. The van der Waals surface area contributed by atoms with Gasteiger partial charge in [0.15, 0.2) is 11.7 Å². The number of nitrogens with one attached hydrogen (secondary N) is 2. The zero-order chi connectivity index (χ0) is 17.6. The monoisotopic (exact) mass is 462 g/mol. The standard InChI is InChI=1S/C16H22N4O4.HI/c1-3-18-15(19-9-11-6-7-12(24-11)14(17)21)20-10-16(2,22)13-5-4-8-23-13;/h4-8,22H,3,9-10H2,1-2H3,(H2,17,21)(H2,18,19,20);1H. The molecule has 1 atom stereocenters. The normalized spacial score (nSPS) is 13.6. The van der Waals surface area contributed by atoms with Crippen LogP contribution in [-0.2, 0) is 12.1 Å². The van der Waals surface area contributed by atoms with Gasteiger partial charge in [-0.25, -0.2) is 4.99 Å². The fourth-order valence-electron chi connectivity index (χ4n) is 2.02. The smallest absolute Gasteiger partial charge is 0.284 e. The number of halogens is 1. The van der Waals surface area contributed by atoms with Crippen molar-refractivity contribution in [3.05, 3.63) is 47.8 Å². The number of primary amides is 1. The lowest BCUT2D eigenvalue weighted by molar-refractivity contribution is 0.0386. The molecule has 5 N–H and O–H groups in total. The van der Waals surface area contributed by atoms with Crippen molar-refractivity contribution in [3.8, 4) is 0 Å². The number of amides is 1. The first-order chi connectivity index (χ1) is 11.4. The van der Waals surface area contributed by atoms with Gasteiger partial charge >= 0.3 is 0 Å². The number of carbonyl (C=O) groups excluding carboxylic acids is 1. The van der Waals surface area contributed by atoms with Gasteiger partial charge in [-0.1, -0.05) is 0 Å². The van der Waals surface area contributed by atoms with E-state index in [0.717, 1.165) is 0 Å². The number of aliphatic hydroxyl groups is 1. The predicted octanol–water partition coefficient (Wildman–Crippen LogP) is 1.55. The number of guanidine groups is 1. The van der Waals surface area contributed by atoms with Crippen molar-refractivity contribution in [2.75, 3.05) is 13.1 Å². The van der Waals surface area contributed by atoms with Crippen LogP contribution in [0.15, 0.2) is 44.4 Å². The highest BCUT2D eigenvalue weighted by Gasteiger charge is 2.26. The van der Waals surface area contributed by atoms with Gasteiger partial charge in [-0.2, -0.15) is 0 Å². The van der Waals surface area contributed by atoms with Crippen molar-refractivity contribution in [2.45, 2.75) is 26.0 Å². The van der Waals surface area contributed by atoms with Gasteiger partial charge in [0.2, 0.25) is 0 Å². The van der Waals surface area contributed by atoms with E-state index in [2.05, 4.69) is 15.6 Å². The van der Waals surface area contributed by atoms with Crippen molar-refractivity contribution in [1.82, 2.24) is 10.6 Å². The molecule has 0 bridgehead atoms. The van der Waals surface area contributed by atoms with Gasteiger partial charge in [-0.05, 0) is 38.1 Å². The van der Waals surface area contributed by atoms with Gasteiger partial charge in [0.05, 0.1) is 12.8 Å². The van der Waals surface area contributed by atoms with Crippen molar-refractivity contribution >= 4 is 35.8 Å². The second-order valence-corrected chi connectivity index (χ2v) is 5.43. The summed E-state index contributed by atoms with van der Waals surface area (Å²) in [6, 6.07) is 6.58. The second-order valence-electron chi connectivity index (χ2n) is 5.43. The first kappa shape index (κ1) is 21.0. The van der Waals surface area contributed by atoms with E-state index in [4.69, 9.17) is 14.6 Å². The number of hydrogen-bond donors (Lipinski definition) is 4. The molecule has 25 heavy (non-hydrogen) atoms. The Bertz CT molecular complexity index is 695. The Hall–Kier alpha value is -2.01. The molecule has 138 valence electrons. The quantitative estimate of drug-likeness (QED) is 0.281. The van der Waals surface area contributed by atoms with Gasteiger partial charge < -0.3 is 30.3 Å². The third kappa shape index (κ3) is 6.09. The maximum absolute atomic E-state index is 11.0. The SMILES string of the molecule is CCNC(=NCc1ccc(C(N)=O)o1)NCC(C)(O)c1ccco1.I. The highest BCUT2D eigenvalue weighted by Crippen LogP contribution is 2.19. The summed E-state index contributed by atoms with van der Waals surface area (Å²) in [7, 11) is 0. The zero-order valence-electron chi connectivity index (χ0n) is 14.1. The van der Waals surface area contributed by atoms with Crippen LogP contribution < -0.4 is 16.4 Å². The van der Waals surface area contributed by atoms with Crippen molar-refractivity contribution in [2.24, 2.45) is 10.7 Å². The van der Waals surface area contributed by atoms with Crippen LogP contribution in [0.4, 0.5) is 0 Å². The van der Waals surface area contributed by atoms with Crippen LogP contribution in [0, 0.1) is 0 Å². The molecule has 0 spiro atoms. The van der Waals surface area contributed by atoms with Crippen LogP contribution >= 0.6 is 24.0 Å². The molecule has 0 saturated carbocycles. The average molecular weight is 462 g/mol. The number of nitrogens with zero attached hydrogens (tertiary/aromatic N) is 1. The fourth-order valence-corrected chi connectivity index (χ4v) is 2.02. The lowest BCUT2D eigenvalue weighted by Crippen LogP contribution is -2.44. The Morgan fingerprint density at radius 2 is 2.12 bits per heavy atom.